The molecule has 3 amide bonds. The molecule has 0 aliphatic rings. The number of furan rings is 1. The summed E-state index contributed by atoms with van der Waals surface area (Å²) < 4.78 is 6.91. The van der Waals surface area contributed by atoms with Gasteiger partial charge in [0.05, 0.1) is 17.6 Å². The number of hydrogen-bond acceptors (Lipinski definition) is 4. The number of aryl methyl sites for hydroxylation is 2. The van der Waals surface area contributed by atoms with Crippen molar-refractivity contribution in [3.8, 4) is 5.69 Å². The lowest BCUT2D eigenvalue weighted by atomic mass is 10.2. The lowest BCUT2D eigenvalue weighted by Gasteiger charge is -2.10. The van der Waals surface area contributed by atoms with E-state index in [4.69, 9.17) is 4.42 Å². The zero-order valence-corrected chi connectivity index (χ0v) is 17.8. The van der Waals surface area contributed by atoms with Crippen LogP contribution in [0.5, 0.6) is 0 Å². The van der Waals surface area contributed by atoms with Crippen LogP contribution in [-0.4, -0.2) is 21.7 Å². The van der Waals surface area contributed by atoms with E-state index in [0.717, 1.165) is 22.6 Å². The third-order valence-corrected chi connectivity index (χ3v) is 4.77. The predicted octanol–water partition coefficient (Wildman–Crippen LogP) is 4.66. The molecule has 2 heterocycles. The van der Waals surface area contributed by atoms with Crippen LogP contribution in [0.25, 0.3) is 5.69 Å². The molecule has 32 heavy (non-hydrogen) atoms. The summed E-state index contributed by atoms with van der Waals surface area (Å²) in [5, 5.41) is 12.9. The molecule has 0 fully saturated rings. The second-order valence-electron chi connectivity index (χ2n) is 7.33. The summed E-state index contributed by atoms with van der Waals surface area (Å²) in [6.07, 6.45) is 1.45. The van der Waals surface area contributed by atoms with Gasteiger partial charge in [-0.05, 0) is 67.9 Å². The zero-order valence-electron chi connectivity index (χ0n) is 17.8. The number of hydrogen-bond donors (Lipinski definition) is 3. The Kier molecular flexibility index (Phi) is 6.03. The molecule has 8 nitrogen and oxygen atoms in total. The maximum atomic E-state index is 12.3. The monoisotopic (exact) mass is 429 g/mol. The molecular weight excluding hydrogens is 406 g/mol. The van der Waals surface area contributed by atoms with Crippen LogP contribution in [0.3, 0.4) is 0 Å². The molecule has 0 aliphatic carbocycles. The molecule has 8 heteroatoms. The normalized spacial score (nSPS) is 10.6. The van der Waals surface area contributed by atoms with Crippen LogP contribution in [0.2, 0.25) is 0 Å². The molecule has 0 bridgehead atoms. The third kappa shape index (κ3) is 5.04. The van der Waals surface area contributed by atoms with E-state index in [-0.39, 0.29) is 17.7 Å². The fourth-order valence-electron chi connectivity index (χ4n) is 3.27. The molecule has 0 aliphatic heterocycles. The van der Waals surface area contributed by atoms with Gasteiger partial charge < -0.3 is 20.4 Å². The van der Waals surface area contributed by atoms with Crippen molar-refractivity contribution in [3.63, 3.8) is 0 Å². The number of anilines is 2. The van der Waals surface area contributed by atoms with Gasteiger partial charge in [-0.1, -0.05) is 18.2 Å². The van der Waals surface area contributed by atoms with Crippen molar-refractivity contribution < 1.29 is 14.0 Å². The number of carbonyl (C=O) groups is 2. The summed E-state index contributed by atoms with van der Waals surface area (Å²) >= 11 is 0. The minimum atomic E-state index is -0.317. The second kappa shape index (κ2) is 9.22. The summed E-state index contributed by atoms with van der Waals surface area (Å²) in [4.78, 5) is 24.3. The first-order valence-electron chi connectivity index (χ1n) is 10.1. The van der Waals surface area contributed by atoms with Crippen LogP contribution in [0, 0.1) is 13.8 Å². The fraction of sp³-hybridized carbons (Fsp3) is 0.125. The Morgan fingerprint density at radius 1 is 0.938 bits per heavy atom. The summed E-state index contributed by atoms with van der Waals surface area (Å²) in [6.45, 7) is 4.27. The highest BCUT2D eigenvalue weighted by Crippen LogP contribution is 2.17. The number of carbonyl (C=O) groups excluding carboxylic acids is 2. The average Bonchev–Trinajstić information content (AvgIpc) is 3.43. The van der Waals surface area contributed by atoms with Crippen molar-refractivity contribution in [2.75, 3.05) is 10.6 Å². The van der Waals surface area contributed by atoms with Gasteiger partial charge in [0.2, 0.25) is 0 Å². The minimum Gasteiger partial charge on any atom is -0.459 e. The lowest BCUT2D eigenvalue weighted by Crippen LogP contribution is -2.28. The molecule has 0 unspecified atom stereocenters. The first kappa shape index (κ1) is 20.9. The number of rotatable bonds is 6. The molecule has 0 saturated heterocycles. The SMILES string of the molecule is Cc1cc(C)n(-c2cccc(NC(=O)NCc3ccc(NC(=O)c4ccco4)cc3)c2)n1. The van der Waals surface area contributed by atoms with Gasteiger partial charge in [0.25, 0.3) is 5.91 Å². The van der Waals surface area contributed by atoms with Crippen molar-refractivity contribution in [1.29, 1.82) is 0 Å². The van der Waals surface area contributed by atoms with E-state index < -0.39 is 0 Å². The topological polar surface area (TPSA) is 101 Å². The van der Waals surface area contributed by atoms with Crippen LogP contribution in [0.1, 0.15) is 27.5 Å². The molecule has 0 saturated carbocycles. The summed E-state index contributed by atoms with van der Waals surface area (Å²) in [5.74, 6) is -0.0720. The molecule has 4 aromatic rings. The quantitative estimate of drug-likeness (QED) is 0.415. The van der Waals surface area contributed by atoms with Crippen LogP contribution in [0.4, 0.5) is 16.2 Å². The zero-order chi connectivity index (χ0) is 22.5. The molecule has 4 rings (SSSR count). The van der Waals surface area contributed by atoms with Crippen molar-refractivity contribution >= 4 is 23.3 Å². The number of nitrogens with one attached hydrogen (secondary N) is 3. The molecule has 2 aromatic carbocycles. The van der Waals surface area contributed by atoms with Crippen LogP contribution >= 0.6 is 0 Å². The van der Waals surface area contributed by atoms with E-state index in [1.165, 1.54) is 6.26 Å². The largest absolute Gasteiger partial charge is 0.459 e. The van der Waals surface area contributed by atoms with Crippen molar-refractivity contribution in [2.45, 2.75) is 20.4 Å². The molecule has 0 atom stereocenters. The molecule has 0 radical (unpaired) electrons. The Hall–Kier alpha value is -4.33. The number of urea groups is 1. The molecule has 162 valence electrons. The third-order valence-electron chi connectivity index (χ3n) is 4.77. The Labute approximate surface area is 185 Å². The summed E-state index contributed by atoms with van der Waals surface area (Å²) in [7, 11) is 0. The molecular formula is C24H23N5O3. The van der Waals surface area contributed by atoms with Gasteiger partial charge in [0.15, 0.2) is 5.76 Å². The Morgan fingerprint density at radius 3 is 2.44 bits per heavy atom. The minimum absolute atomic E-state index is 0.245. The van der Waals surface area contributed by atoms with Gasteiger partial charge in [0, 0.05) is 23.6 Å². The Balaban J connectivity index is 1.31. The highest BCUT2D eigenvalue weighted by Gasteiger charge is 2.09. The number of benzene rings is 2. The van der Waals surface area contributed by atoms with Gasteiger partial charge >= 0.3 is 6.03 Å². The van der Waals surface area contributed by atoms with Gasteiger partial charge in [-0.2, -0.15) is 5.10 Å². The van der Waals surface area contributed by atoms with E-state index >= 15 is 0 Å². The van der Waals surface area contributed by atoms with Gasteiger partial charge in [-0.15, -0.1) is 0 Å². The fourth-order valence-corrected chi connectivity index (χ4v) is 3.27. The van der Waals surface area contributed by atoms with Gasteiger partial charge in [-0.3, -0.25) is 4.79 Å². The maximum Gasteiger partial charge on any atom is 0.319 e. The van der Waals surface area contributed by atoms with E-state index in [9.17, 15) is 9.59 Å². The van der Waals surface area contributed by atoms with Crippen molar-refractivity contribution in [2.24, 2.45) is 0 Å². The molecule has 3 N–H and O–H groups in total. The molecule has 0 spiro atoms. The van der Waals surface area contributed by atoms with Crippen LogP contribution < -0.4 is 16.0 Å². The van der Waals surface area contributed by atoms with Crippen LogP contribution in [-0.2, 0) is 6.54 Å². The smallest absolute Gasteiger partial charge is 0.319 e. The predicted molar refractivity (Wildman–Crippen MR) is 122 cm³/mol. The van der Waals surface area contributed by atoms with E-state index in [2.05, 4.69) is 21.0 Å². The Bertz CT molecular complexity index is 1230. The standard InChI is InChI=1S/C24H23N5O3/c1-16-13-17(2)29(28-16)21-6-3-5-20(14-21)27-24(31)25-15-18-8-10-19(11-9-18)26-23(30)22-7-4-12-32-22/h3-14H,15H2,1-2H3,(H,26,30)(H2,25,27,31). The number of amides is 3. The van der Waals surface area contributed by atoms with E-state index in [1.807, 2.05) is 61.0 Å². The van der Waals surface area contributed by atoms with Crippen molar-refractivity contribution in [1.82, 2.24) is 15.1 Å². The van der Waals surface area contributed by atoms with Gasteiger partial charge in [0.1, 0.15) is 0 Å². The van der Waals surface area contributed by atoms with E-state index in [0.29, 0.717) is 17.9 Å². The second-order valence-corrected chi connectivity index (χ2v) is 7.33. The number of aromatic nitrogens is 2. The summed E-state index contributed by atoms with van der Waals surface area (Å²) in [6, 6.07) is 19.7. The van der Waals surface area contributed by atoms with Crippen LogP contribution in [0.15, 0.2) is 77.4 Å². The lowest BCUT2D eigenvalue weighted by molar-refractivity contribution is 0.0996. The van der Waals surface area contributed by atoms with Gasteiger partial charge in [-0.25, -0.2) is 9.48 Å². The maximum absolute atomic E-state index is 12.3. The average molecular weight is 429 g/mol. The first-order chi connectivity index (χ1) is 15.5. The van der Waals surface area contributed by atoms with Crippen molar-refractivity contribution in [3.05, 3.63) is 95.7 Å². The summed E-state index contributed by atoms with van der Waals surface area (Å²) in [5.41, 5.74) is 5.04. The first-order valence-corrected chi connectivity index (χ1v) is 10.1. The Morgan fingerprint density at radius 2 is 1.75 bits per heavy atom. The van der Waals surface area contributed by atoms with E-state index in [1.54, 1.807) is 24.3 Å². The number of nitrogens with zero attached hydrogens (tertiary/aromatic N) is 2. The molecule has 2 aromatic heterocycles. The highest BCUT2D eigenvalue weighted by molar-refractivity contribution is 6.02. The highest BCUT2D eigenvalue weighted by atomic mass is 16.3.